The first-order valence-corrected chi connectivity index (χ1v) is 21.9. The summed E-state index contributed by atoms with van der Waals surface area (Å²) in [6.45, 7) is 3.79. The summed E-state index contributed by atoms with van der Waals surface area (Å²) in [6.07, 6.45) is 30.9. The lowest BCUT2D eigenvalue weighted by molar-refractivity contribution is -0.302. The molecule has 0 saturated carbocycles. The third kappa shape index (κ3) is 25.1. The van der Waals surface area contributed by atoms with E-state index in [1.165, 1.54) is 141 Å². The van der Waals surface area contributed by atoms with Crippen LogP contribution in [-0.2, 0) is 14.3 Å². The van der Waals surface area contributed by atoms with Crippen LogP contribution in [0, 0.1) is 0 Å². The van der Waals surface area contributed by atoms with Gasteiger partial charge in [-0.1, -0.05) is 180 Å². The molecular formula is C43H83NO8. The van der Waals surface area contributed by atoms with E-state index in [0.29, 0.717) is 12.8 Å². The van der Waals surface area contributed by atoms with Gasteiger partial charge in [-0.3, -0.25) is 4.79 Å². The number of carbonyl (C=O) groups excluding carboxylic acids is 1. The van der Waals surface area contributed by atoms with Crippen LogP contribution >= 0.6 is 0 Å². The third-order valence-electron chi connectivity index (χ3n) is 10.6. The van der Waals surface area contributed by atoms with Gasteiger partial charge in [-0.15, -0.1) is 0 Å². The Balaban J connectivity index is 2.37. The number of amides is 1. The normalized spacial score (nSPS) is 21.9. The quantitative estimate of drug-likeness (QED) is 0.0277. The molecule has 1 fully saturated rings. The SMILES string of the molecule is CCCCCCCCCCCCC=CC[C@@H](O)[C@H](CO[C@@H]1O[C@H](CO)[C@@H](O)C(O)C1O)NC(=O)CCCCCCCCCCCCCCCCCC. The van der Waals surface area contributed by atoms with Crippen molar-refractivity contribution < 1.29 is 39.8 Å². The lowest BCUT2D eigenvalue weighted by Crippen LogP contribution is -2.60. The fourth-order valence-electron chi connectivity index (χ4n) is 7.03. The Kier molecular flexibility index (Phi) is 32.4. The molecule has 308 valence electrons. The van der Waals surface area contributed by atoms with Crippen molar-refractivity contribution >= 4 is 5.91 Å². The van der Waals surface area contributed by atoms with Crippen molar-refractivity contribution in [3.05, 3.63) is 12.2 Å². The summed E-state index contributed by atoms with van der Waals surface area (Å²) < 4.78 is 11.2. The summed E-state index contributed by atoms with van der Waals surface area (Å²) in [5, 5.41) is 54.1. The van der Waals surface area contributed by atoms with Crippen molar-refractivity contribution in [2.45, 2.75) is 243 Å². The smallest absolute Gasteiger partial charge is 0.220 e. The van der Waals surface area contributed by atoms with Gasteiger partial charge in [-0.2, -0.15) is 0 Å². The molecule has 0 aromatic carbocycles. The molecule has 1 rings (SSSR count). The van der Waals surface area contributed by atoms with Gasteiger partial charge in [0.2, 0.25) is 5.91 Å². The van der Waals surface area contributed by atoms with Crippen molar-refractivity contribution in [3.63, 3.8) is 0 Å². The molecule has 0 bridgehead atoms. The summed E-state index contributed by atoms with van der Waals surface area (Å²) in [7, 11) is 0. The van der Waals surface area contributed by atoms with E-state index in [2.05, 4.69) is 25.2 Å². The average Bonchev–Trinajstić information content (AvgIpc) is 3.14. The second-order valence-corrected chi connectivity index (χ2v) is 15.5. The number of allylic oxidation sites excluding steroid dienone is 1. The Morgan fingerprint density at radius 2 is 1.08 bits per heavy atom. The zero-order valence-electron chi connectivity index (χ0n) is 33.6. The van der Waals surface area contributed by atoms with Crippen LogP contribution < -0.4 is 5.32 Å². The molecule has 7 atom stereocenters. The summed E-state index contributed by atoms with van der Waals surface area (Å²) >= 11 is 0. The van der Waals surface area contributed by atoms with Gasteiger partial charge in [0.25, 0.3) is 0 Å². The largest absolute Gasteiger partial charge is 0.394 e. The number of rotatable bonds is 36. The molecule has 0 spiro atoms. The van der Waals surface area contributed by atoms with Crippen LogP contribution in [0.1, 0.15) is 200 Å². The maximum Gasteiger partial charge on any atom is 0.220 e. The van der Waals surface area contributed by atoms with Crippen LogP contribution in [0.3, 0.4) is 0 Å². The van der Waals surface area contributed by atoms with E-state index in [1.807, 2.05) is 6.08 Å². The topological polar surface area (TPSA) is 149 Å². The van der Waals surface area contributed by atoms with Gasteiger partial charge in [0.1, 0.15) is 24.4 Å². The first-order chi connectivity index (χ1) is 25.3. The molecule has 9 nitrogen and oxygen atoms in total. The number of hydrogen-bond acceptors (Lipinski definition) is 8. The van der Waals surface area contributed by atoms with Gasteiger partial charge in [0.05, 0.1) is 25.4 Å². The number of carbonyl (C=O) groups is 1. The third-order valence-corrected chi connectivity index (χ3v) is 10.6. The Labute approximate surface area is 318 Å². The highest BCUT2D eigenvalue weighted by Crippen LogP contribution is 2.23. The van der Waals surface area contributed by atoms with Crippen molar-refractivity contribution in [1.29, 1.82) is 0 Å². The van der Waals surface area contributed by atoms with Crippen molar-refractivity contribution in [2.75, 3.05) is 13.2 Å². The molecule has 52 heavy (non-hydrogen) atoms. The van der Waals surface area contributed by atoms with E-state index in [-0.39, 0.29) is 12.5 Å². The van der Waals surface area contributed by atoms with Crippen LogP contribution in [0.15, 0.2) is 12.2 Å². The van der Waals surface area contributed by atoms with Crippen LogP contribution in [-0.4, -0.2) is 87.5 Å². The standard InChI is InChI=1S/C43H83NO8/c1-3-5-7-9-11-13-15-17-18-19-21-23-25-27-29-31-33-39(47)44-36(35-51-43-42(50)41(49)40(48)38(34-45)52-43)37(46)32-30-28-26-24-22-20-16-14-12-10-8-6-4-2/h28,30,36-38,40-43,45-46,48-50H,3-27,29,31-35H2,1-2H3,(H,44,47)/t36-,37+,38+,40+,41?,42?,43+/m0/s1. The molecule has 1 saturated heterocycles. The zero-order valence-corrected chi connectivity index (χ0v) is 33.6. The fraction of sp³-hybridized carbons (Fsp3) is 0.930. The highest BCUT2D eigenvalue weighted by atomic mass is 16.7. The second-order valence-electron chi connectivity index (χ2n) is 15.5. The van der Waals surface area contributed by atoms with Crippen molar-refractivity contribution in [1.82, 2.24) is 5.32 Å². The molecule has 1 aliphatic rings. The van der Waals surface area contributed by atoms with Crippen molar-refractivity contribution in [3.8, 4) is 0 Å². The minimum Gasteiger partial charge on any atom is -0.394 e. The number of unbranched alkanes of at least 4 members (excludes halogenated alkanes) is 25. The number of ether oxygens (including phenoxy) is 2. The number of aliphatic hydroxyl groups excluding tert-OH is 5. The Hall–Kier alpha value is -1.07. The number of hydrogen-bond donors (Lipinski definition) is 6. The van der Waals surface area contributed by atoms with Gasteiger partial charge < -0.3 is 40.3 Å². The lowest BCUT2D eigenvalue weighted by atomic mass is 9.99. The maximum atomic E-state index is 12.9. The molecule has 9 heteroatoms. The predicted octanol–water partition coefficient (Wildman–Crippen LogP) is 8.56. The van der Waals surface area contributed by atoms with Gasteiger partial charge in [0.15, 0.2) is 6.29 Å². The van der Waals surface area contributed by atoms with Gasteiger partial charge >= 0.3 is 0 Å². The van der Waals surface area contributed by atoms with E-state index in [1.54, 1.807) is 0 Å². The van der Waals surface area contributed by atoms with Crippen LogP contribution in [0.2, 0.25) is 0 Å². The van der Waals surface area contributed by atoms with Crippen molar-refractivity contribution in [2.24, 2.45) is 0 Å². The van der Waals surface area contributed by atoms with E-state index in [0.717, 1.165) is 32.1 Å². The average molecular weight is 742 g/mol. The second kappa shape index (κ2) is 34.4. The Bertz CT molecular complexity index is 827. The predicted molar refractivity (Wildman–Crippen MR) is 212 cm³/mol. The number of nitrogens with one attached hydrogen (secondary N) is 1. The Morgan fingerprint density at radius 3 is 1.54 bits per heavy atom. The molecule has 6 N–H and O–H groups in total. The van der Waals surface area contributed by atoms with Crippen LogP contribution in [0.25, 0.3) is 0 Å². The summed E-state index contributed by atoms with van der Waals surface area (Å²) in [5.41, 5.74) is 0. The summed E-state index contributed by atoms with van der Waals surface area (Å²) in [4.78, 5) is 12.9. The lowest BCUT2D eigenvalue weighted by Gasteiger charge is -2.40. The molecule has 2 unspecified atom stereocenters. The Morgan fingerprint density at radius 1 is 0.635 bits per heavy atom. The minimum absolute atomic E-state index is 0.166. The first-order valence-electron chi connectivity index (χ1n) is 21.9. The molecule has 0 aromatic rings. The molecular weight excluding hydrogens is 658 g/mol. The zero-order chi connectivity index (χ0) is 38.1. The van der Waals surface area contributed by atoms with E-state index in [4.69, 9.17) is 9.47 Å². The van der Waals surface area contributed by atoms with Crippen LogP contribution in [0.4, 0.5) is 0 Å². The molecule has 0 radical (unpaired) electrons. The molecule has 0 aliphatic carbocycles. The summed E-state index contributed by atoms with van der Waals surface area (Å²) in [6, 6.07) is -0.761. The van der Waals surface area contributed by atoms with E-state index >= 15 is 0 Å². The molecule has 1 amide bonds. The first kappa shape index (κ1) is 48.9. The van der Waals surface area contributed by atoms with E-state index in [9.17, 15) is 30.3 Å². The monoisotopic (exact) mass is 742 g/mol. The molecule has 1 aliphatic heterocycles. The van der Waals surface area contributed by atoms with Gasteiger partial charge in [0, 0.05) is 6.42 Å². The molecule has 0 aromatic heterocycles. The number of aliphatic hydroxyl groups is 5. The van der Waals surface area contributed by atoms with Gasteiger partial charge in [-0.05, 0) is 25.7 Å². The highest BCUT2D eigenvalue weighted by Gasteiger charge is 2.44. The maximum absolute atomic E-state index is 12.9. The molecule has 1 heterocycles. The van der Waals surface area contributed by atoms with E-state index < -0.39 is 49.5 Å². The fourth-order valence-corrected chi connectivity index (χ4v) is 7.03. The summed E-state index contributed by atoms with van der Waals surface area (Å²) in [5.74, 6) is -0.166. The van der Waals surface area contributed by atoms with Crippen LogP contribution in [0.5, 0.6) is 0 Å². The van der Waals surface area contributed by atoms with Gasteiger partial charge in [-0.25, -0.2) is 0 Å². The highest BCUT2D eigenvalue weighted by molar-refractivity contribution is 5.76. The minimum atomic E-state index is -1.56.